The van der Waals surface area contributed by atoms with Gasteiger partial charge in [-0.15, -0.1) is 0 Å². The van der Waals surface area contributed by atoms with Gasteiger partial charge in [0.15, 0.2) is 0 Å². The molecule has 35 heavy (non-hydrogen) atoms. The number of hydrogen-bond donors (Lipinski definition) is 3. The molecule has 3 N–H and O–H groups in total. The maximum absolute atomic E-state index is 14.0. The quantitative estimate of drug-likeness (QED) is 0.407. The lowest BCUT2D eigenvalue weighted by molar-refractivity contribution is 0.0951. The minimum absolute atomic E-state index is 0.0795. The highest BCUT2D eigenvalue weighted by Crippen LogP contribution is 2.30. The Balaban J connectivity index is 1.49. The third-order valence-corrected chi connectivity index (χ3v) is 5.74. The Hall–Kier alpha value is -4.07. The molecule has 3 amide bonds. The Kier molecular flexibility index (Phi) is 7.82. The Labute approximate surface area is 204 Å². The molecule has 0 spiro atoms. The molecule has 0 aliphatic carbocycles. The number of carbonyl (C=O) groups is 2. The van der Waals surface area contributed by atoms with Crippen LogP contribution in [0.15, 0.2) is 66.7 Å². The van der Waals surface area contributed by atoms with Gasteiger partial charge in [-0.25, -0.2) is 9.18 Å². The summed E-state index contributed by atoms with van der Waals surface area (Å²) in [5, 5.41) is 8.25. The van der Waals surface area contributed by atoms with Crippen molar-refractivity contribution in [2.24, 2.45) is 0 Å². The number of nitrogens with zero attached hydrogens (tertiary/aromatic N) is 1. The largest absolute Gasteiger partial charge is 0.494 e. The number of hydrogen-bond acceptors (Lipinski definition) is 4. The summed E-state index contributed by atoms with van der Waals surface area (Å²) in [6, 6.07) is 18.2. The number of anilines is 3. The summed E-state index contributed by atoms with van der Waals surface area (Å²) < 4.78 is 19.5. The number of ether oxygens (including phenoxy) is 1. The van der Waals surface area contributed by atoms with Crippen molar-refractivity contribution in [1.82, 2.24) is 5.32 Å². The van der Waals surface area contributed by atoms with Crippen LogP contribution in [0.1, 0.15) is 35.7 Å². The zero-order valence-electron chi connectivity index (χ0n) is 19.6. The van der Waals surface area contributed by atoms with E-state index in [1.807, 2.05) is 37.3 Å². The zero-order valence-corrected chi connectivity index (χ0v) is 19.6. The van der Waals surface area contributed by atoms with Crippen molar-refractivity contribution in [3.05, 3.63) is 83.7 Å². The average Bonchev–Trinajstić information content (AvgIpc) is 3.39. The van der Waals surface area contributed by atoms with Crippen LogP contribution in [0.4, 0.5) is 26.2 Å². The molecule has 1 aliphatic rings. The van der Waals surface area contributed by atoms with Gasteiger partial charge >= 0.3 is 6.03 Å². The van der Waals surface area contributed by atoms with E-state index in [-0.39, 0.29) is 11.6 Å². The van der Waals surface area contributed by atoms with Crippen LogP contribution < -0.4 is 25.6 Å². The van der Waals surface area contributed by atoms with Crippen molar-refractivity contribution in [2.75, 3.05) is 35.2 Å². The second kappa shape index (κ2) is 11.4. The highest BCUT2D eigenvalue weighted by molar-refractivity contribution is 6.04. The fraction of sp³-hybridized carbons (Fsp3) is 0.259. The molecule has 1 saturated heterocycles. The normalized spacial score (nSPS) is 12.8. The number of nitrogens with one attached hydrogen (secondary N) is 3. The SMILES string of the molecule is CCOc1cccc(CNC(=O)c2ccc(N3CCCC3)c(NC(=O)Nc3ccccc3F)c2)c1. The van der Waals surface area contributed by atoms with Crippen LogP contribution >= 0.6 is 0 Å². The molecule has 1 fully saturated rings. The molecule has 0 saturated carbocycles. The van der Waals surface area contributed by atoms with E-state index in [1.165, 1.54) is 12.1 Å². The lowest BCUT2D eigenvalue weighted by Crippen LogP contribution is -2.26. The molecule has 0 unspecified atom stereocenters. The van der Waals surface area contributed by atoms with Gasteiger partial charge in [0.25, 0.3) is 5.91 Å². The molecule has 1 heterocycles. The van der Waals surface area contributed by atoms with Crippen LogP contribution in [-0.4, -0.2) is 31.6 Å². The number of benzene rings is 3. The molecular weight excluding hydrogens is 447 g/mol. The first-order valence-electron chi connectivity index (χ1n) is 11.7. The Morgan fingerprint density at radius 1 is 0.943 bits per heavy atom. The van der Waals surface area contributed by atoms with Gasteiger partial charge < -0.3 is 25.6 Å². The van der Waals surface area contributed by atoms with Crippen molar-refractivity contribution < 1.29 is 18.7 Å². The van der Waals surface area contributed by atoms with E-state index in [0.717, 1.165) is 42.9 Å². The average molecular weight is 477 g/mol. The highest BCUT2D eigenvalue weighted by Gasteiger charge is 2.19. The maximum Gasteiger partial charge on any atom is 0.323 e. The molecule has 0 radical (unpaired) electrons. The van der Waals surface area contributed by atoms with Crippen LogP contribution in [0.2, 0.25) is 0 Å². The molecule has 182 valence electrons. The lowest BCUT2D eigenvalue weighted by atomic mass is 10.1. The zero-order chi connectivity index (χ0) is 24.6. The maximum atomic E-state index is 14.0. The molecule has 0 atom stereocenters. The molecule has 0 aromatic heterocycles. The van der Waals surface area contributed by atoms with Crippen molar-refractivity contribution in [1.29, 1.82) is 0 Å². The Morgan fingerprint density at radius 3 is 2.49 bits per heavy atom. The van der Waals surface area contributed by atoms with Gasteiger partial charge in [0, 0.05) is 25.2 Å². The van der Waals surface area contributed by atoms with Gasteiger partial charge in [-0.1, -0.05) is 24.3 Å². The van der Waals surface area contributed by atoms with Crippen LogP contribution in [0.5, 0.6) is 5.75 Å². The van der Waals surface area contributed by atoms with Gasteiger partial charge in [0.05, 0.1) is 23.7 Å². The molecular formula is C27H29FN4O3. The molecule has 7 nitrogen and oxygen atoms in total. The Bertz CT molecular complexity index is 1190. The third-order valence-electron chi connectivity index (χ3n) is 5.74. The van der Waals surface area contributed by atoms with E-state index in [1.54, 1.807) is 24.3 Å². The molecule has 3 aromatic rings. The van der Waals surface area contributed by atoms with Gasteiger partial charge in [-0.3, -0.25) is 4.79 Å². The molecule has 3 aromatic carbocycles. The first-order chi connectivity index (χ1) is 17.0. The van der Waals surface area contributed by atoms with E-state index in [4.69, 9.17) is 4.74 Å². The summed E-state index contributed by atoms with van der Waals surface area (Å²) in [4.78, 5) is 27.7. The van der Waals surface area contributed by atoms with E-state index < -0.39 is 11.8 Å². The topological polar surface area (TPSA) is 82.7 Å². The first kappa shape index (κ1) is 24.1. The summed E-state index contributed by atoms with van der Waals surface area (Å²) in [5.41, 5.74) is 2.73. The summed E-state index contributed by atoms with van der Waals surface area (Å²) >= 11 is 0. The number of para-hydroxylation sites is 1. The number of rotatable bonds is 8. The fourth-order valence-corrected chi connectivity index (χ4v) is 4.05. The standard InChI is InChI=1S/C27H29FN4O3/c1-2-35-21-9-7-8-19(16-21)18-29-26(33)20-12-13-25(32-14-5-6-15-32)24(17-20)31-27(34)30-23-11-4-3-10-22(23)28/h3-4,7-13,16-17H,2,5-6,14-15,18H2,1H3,(H,29,33)(H2,30,31,34). The Morgan fingerprint density at radius 2 is 1.71 bits per heavy atom. The van der Waals surface area contributed by atoms with E-state index in [9.17, 15) is 14.0 Å². The number of urea groups is 1. The summed E-state index contributed by atoms with van der Waals surface area (Å²) in [6.45, 7) is 4.56. The molecule has 1 aliphatic heterocycles. The van der Waals surface area contributed by atoms with Crippen molar-refractivity contribution in [2.45, 2.75) is 26.3 Å². The number of amides is 3. The number of halogens is 1. The number of carbonyl (C=O) groups excluding carboxylic acids is 2. The second-order valence-electron chi connectivity index (χ2n) is 8.25. The highest BCUT2D eigenvalue weighted by atomic mass is 19.1. The van der Waals surface area contributed by atoms with Gasteiger partial charge in [-0.2, -0.15) is 0 Å². The minimum atomic E-state index is -0.583. The van der Waals surface area contributed by atoms with Crippen molar-refractivity contribution in [3.63, 3.8) is 0 Å². The smallest absolute Gasteiger partial charge is 0.323 e. The van der Waals surface area contributed by atoms with Crippen molar-refractivity contribution >= 4 is 29.0 Å². The van der Waals surface area contributed by atoms with Gasteiger partial charge in [0.1, 0.15) is 11.6 Å². The van der Waals surface area contributed by atoms with E-state index >= 15 is 0 Å². The molecule has 0 bridgehead atoms. The minimum Gasteiger partial charge on any atom is -0.494 e. The monoisotopic (exact) mass is 476 g/mol. The van der Waals surface area contributed by atoms with Crippen molar-refractivity contribution in [3.8, 4) is 5.75 Å². The van der Waals surface area contributed by atoms with Gasteiger partial charge in [0.2, 0.25) is 0 Å². The fourth-order valence-electron chi connectivity index (χ4n) is 4.05. The molecule has 4 rings (SSSR count). The predicted octanol–water partition coefficient (Wildman–Crippen LogP) is 5.40. The van der Waals surface area contributed by atoms with Crippen LogP contribution in [-0.2, 0) is 6.54 Å². The summed E-state index contributed by atoms with van der Waals surface area (Å²) in [7, 11) is 0. The van der Waals surface area contributed by atoms with Crippen LogP contribution in [0, 0.1) is 5.82 Å². The molecule has 8 heteroatoms. The van der Waals surface area contributed by atoms with Crippen LogP contribution in [0.3, 0.4) is 0 Å². The van der Waals surface area contributed by atoms with E-state index in [0.29, 0.717) is 24.4 Å². The van der Waals surface area contributed by atoms with Crippen LogP contribution in [0.25, 0.3) is 0 Å². The van der Waals surface area contributed by atoms with E-state index in [2.05, 4.69) is 20.9 Å². The third kappa shape index (κ3) is 6.29. The lowest BCUT2D eigenvalue weighted by Gasteiger charge is -2.22. The van der Waals surface area contributed by atoms with Gasteiger partial charge in [-0.05, 0) is 67.8 Å². The summed E-state index contributed by atoms with van der Waals surface area (Å²) in [5.74, 6) is -0.0390. The predicted molar refractivity (Wildman–Crippen MR) is 136 cm³/mol. The first-order valence-corrected chi connectivity index (χ1v) is 11.7. The summed E-state index contributed by atoms with van der Waals surface area (Å²) in [6.07, 6.45) is 2.12. The second-order valence-corrected chi connectivity index (χ2v) is 8.25.